The highest BCUT2D eigenvalue weighted by Gasteiger charge is 2.08. The second-order valence-electron chi connectivity index (χ2n) is 5.64. The highest BCUT2D eigenvalue weighted by Crippen LogP contribution is 2.27. The average Bonchev–Trinajstić information content (AvgIpc) is 3.19. The highest BCUT2D eigenvalue weighted by atomic mass is 16.5. The summed E-state index contributed by atoms with van der Waals surface area (Å²) in [5.41, 5.74) is 4.38. The topological polar surface area (TPSA) is 39.9 Å². The molecule has 4 aromatic rings. The summed E-state index contributed by atoms with van der Waals surface area (Å²) < 4.78 is 7.36. The lowest BCUT2D eigenvalue weighted by Crippen LogP contribution is -1.96. The highest BCUT2D eigenvalue weighted by molar-refractivity contribution is 5.69. The van der Waals surface area contributed by atoms with Gasteiger partial charge in [-0.1, -0.05) is 36.4 Å². The summed E-state index contributed by atoms with van der Waals surface area (Å²) in [5, 5.41) is 0. The van der Waals surface area contributed by atoms with Gasteiger partial charge in [-0.25, -0.2) is 4.98 Å². The Morgan fingerprint density at radius 1 is 0.800 bits per heavy atom. The number of hydrogen-bond donors (Lipinski definition) is 0. The Labute approximate surface area is 146 Å². The van der Waals surface area contributed by atoms with Gasteiger partial charge in [0.2, 0.25) is 0 Å². The molecule has 0 spiro atoms. The molecule has 0 aliphatic rings. The maximum absolute atomic E-state index is 5.31. The van der Waals surface area contributed by atoms with Crippen molar-refractivity contribution in [3.8, 4) is 34.0 Å². The number of benzene rings is 2. The Bertz CT molecular complexity index is 975. The van der Waals surface area contributed by atoms with Crippen LogP contribution in [0.2, 0.25) is 0 Å². The van der Waals surface area contributed by atoms with Gasteiger partial charge in [-0.2, -0.15) is 0 Å². The maximum Gasteiger partial charge on any atom is 0.144 e. The largest absolute Gasteiger partial charge is 0.497 e. The summed E-state index contributed by atoms with van der Waals surface area (Å²) in [5.74, 6) is 1.76. The Kier molecular flexibility index (Phi) is 4.01. The molecule has 0 atom stereocenters. The van der Waals surface area contributed by atoms with E-state index in [9.17, 15) is 0 Å². The molecule has 0 saturated carbocycles. The first kappa shape index (κ1) is 15.1. The lowest BCUT2D eigenvalue weighted by atomic mass is 10.0. The van der Waals surface area contributed by atoms with E-state index in [1.54, 1.807) is 19.5 Å². The lowest BCUT2D eigenvalue weighted by molar-refractivity contribution is 0.415. The van der Waals surface area contributed by atoms with Crippen LogP contribution in [0, 0.1) is 0 Å². The van der Waals surface area contributed by atoms with Gasteiger partial charge in [-0.05, 0) is 35.4 Å². The minimum absolute atomic E-state index is 0.856. The maximum atomic E-state index is 5.31. The van der Waals surface area contributed by atoms with Crippen molar-refractivity contribution < 1.29 is 4.74 Å². The van der Waals surface area contributed by atoms with Crippen LogP contribution in [0.3, 0.4) is 0 Å². The minimum atomic E-state index is 0.856. The van der Waals surface area contributed by atoms with Crippen LogP contribution in [0.15, 0.2) is 85.5 Å². The van der Waals surface area contributed by atoms with E-state index in [0.29, 0.717) is 0 Å². The van der Waals surface area contributed by atoms with Crippen molar-refractivity contribution in [2.75, 3.05) is 7.11 Å². The Morgan fingerprint density at radius 3 is 2.32 bits per heavy atom. The second-order valence-corrected chi connectivity index (χ2v) is 5.64. The van der Waals surface area contributed by atoms with E-state index in [2.05, 4.69) is 44.9 Å². The average molecular weight is 327 g/mol. The number of pyridine rings is 1. The van der Waals surface area contributed by atoms with E-state index in [0.717, 1.165) is 34.0 Å². The first-order valence-corrected chi connectivity index (χ1v) is 8.04. The number of aromatic nitrogens is 3. The third kappa shape index (κ3) is 3.02. The van der Waals surface area contributed by atoms with Crippen LogP contribution >= 0.6 is 0 Å². The molecule has 0 N–H and O–H groups in total. The monoisotopic (exact) mass is 327 g/mol. The fraction of sp³-hybridized carbons (Fsp3) is 0.0476. The van der Waals surface area contributed by atoms with Crippen molar-refractivity contribution >= 4 is 0 Å². The zero-order chi connectivity index (χ0) is 17.1. The zero-order valence-corrected chi connectivity index (χ0v) is 13.8. The third-order valence-electron chi connectivity index (χ3n) is 4.13. The number of hydrogen-bond acceptors (Lipinski definition) is 3. The summed E-state index contributed by atoms with van der Waals surface area (Å²) in [4.78, 5) is 8.59. The molecule has 4 rings (SSSR count). The molecule has 0 amide bonds. The molecule has 0 saturated heterocycles. The van der Waals surface area contributed by atoms with E-state index in [1.165, 1.54) is 0 Å². The smallest absolute Gasteiger partial charge is 0.144 e. The van der Waals surface area contributed by atoms with Crippen molar-refractivity contribution in [3.63, 3.8) is 0 Å². The van der Waals surface area contributed by atoms with Crippen molar-refractivity contribution in [1.82, 2.24) is 14.5 Å². The fourth-order valence-corrected chi connectivity index (χ4v) is 2.84. The van der Waals surface area contributed by atoms with E-state index < -0.39 is 0 Å². The van der Waals surface area contributed by atoms with Gasteiger partial charge in [0, 0.05) is 30.4 Å². The molecule has 0 aliphatic carbocycles. The van der Waals surface area contributed by atoms with Crippen molar-refractivity contribution in [2.24, 2.45) is 0 Å². The standard InChI is InChI=1S/C21H17N3O/c1-25-20-4-2-3-18(15-20)16-5-7-17(8-6-16)21-23-13-14-24(21)19-9-11-22-12-10-19/h2-15H,1H3. The summed E-state index contributed by atoms with van der Waals surface area (Å²) in [6.45, 7) is 0. The van der Waals surface area contributed by atoms with Crippen molar-refractivity contribution in [2.45, 2.75) is 0 Å². The van der Waals surface area contributed by atoms with Gasteiger partial charge in [-0.15, -0.1) is 0 Å². The number of nitrogens with zero attached hydrogens (tertiary/aromatic N) is 3. The third-order valence-corrected chi connectivity index (χ3v) is 4.13. The molecule has 4 heteroatoms. The predicted molar refractivity (Wildman–Crippen MR) is 98.8 cm³/mol. The van der Waals surface area contributed by atoms with Gasteiger partial charge >= 0.3 is 0 Å². The minimum Gasteiger partial charge on any atom is -0.497 e. The van der Waals surface area contributed by atoms with Gasteiger partial charge in [0.05, 0.1) is 12.8 Å². The van der Waals surface area contributed by atoms with Gasteiger partial charge < -0.3 is 4.74 Å². The van der Waals surface area contributed by atoms with Crippen LogP contribution in [-0.2, 0) is 0 Å². The number of methoxy groups -OCH3 is 1. The van der Waals surface area contributed by atoms with E-state index in [1.807, 2.05) is 42.7 Å². The molecule has 0 bridgehead atoms. The van der Waals surface area contributed by atoms with Gasteiger partial charge in [0.25, 0.3) is 0 Å². The summed E-state index contributed by atoms with van der Waals surface area (Å²) in [7, 11) is 1.68. The van der Waals surface area contributed by atoms with Crippen molar-refractivity contribution in [3.05, 3.63) is 85.5 Å². The molecule has 2 heterocycles. The predicted octanol–water partition coefficient (Wildman–Crippen LogP) is 4.61. The first-order chi connectivity index (χ1) is 12.3. The molecule has 2 aromatic heterocycles. The summed E-state index contributed by atoms with van der Waals surface area (Å²) in [6.07, 6.45) is 7.34. The molecular formula is C21H17N3O. The lowest BCUT2D eigenvalue weighted by Gasteiger charge is -2.09. The number of imidazole rings is 1. The normalized spacial score (nSPS) is 10.6. The molecule has 0 fully saturated rings. The quantitative estimate of drug-likeness (QED) is 0.549. The van der Waals surface area contributed by atoms with E-state index >= 15 is 0 Å². The van der Waals surface area contributed by atoms with Crippen LogP contribution in [-0.4, -0.2) is 21.6 Å². The van der Waals surface area contributed by atoms with Crippen LogP contribution in [0.1, 0.15) is 0 Å². The van der Waals surface area contributed by atoms with Gasteiger partial charge in [-0.3, -0.25) is 9.55 Å². The van der Waals surface area contributed by atoms with Gasteiger partial charge in [0.15, 0.2) is 0 Å². The Morgan fingerprint density at radius 2 is 1.56 bits per heavy atom. The molecule has 4 nitrogen and oxygen atoms in total. The molecule has 122 valence electrons. The SMILES string of the molecule is COc1cccc(-c2ccc(-c3nccn3-c3ccncc3)cc2)c1. The van der Waals surface area contributed by atoms with Crippen LogP contribution in [0.5, 0.6) is 5.75 Å². The molecule has 0 unspecified atom stereocenters. The van der Waals surface area contributed by atoms with Crippen LogP contribution in [0.4, 0.5) is 0 Å². The Balaban J connectivity index is 1.69. The van der Waals surface area contributed by atoms with Crippen LogP contribution < -0.4 is 4.74 Å². The molecule has 2 aromatic carbocycles. The summed E-state index contributed by atoms with van der Waals surface area (Å²) >= 11 is 0. The second kappa shape index (κ2) is 6.61. The van der Waals surface area contributed by atoms with Crippen molar-refractivity contribution in [1.29, 1.82) is 0 Å². The van der Waals surface area contributed by atoms with Gasteiger partial charge in [0.1, 0.15) is 11.6 Å². The van der Waals surface area contributed by atoms with E-state index in [-0.39, 0.29) is 0 Å². The number of rotatable bonds is 4. The Hall–Kier alpha value is -3.40. The first-order valence-electron chi connectivity index (χ1n) is 8.04. The zero-order valence-electron chi connectivity index (χ0n) is 13.8. The molecular weight excluding hydrogens is 310 g/mol. The number of ether oxygens (including phenoxy) is 1. The molecule has 25 heavy (non-hydrogen) atoms. The van der Waals surface area contributed by atoms with E-state index in [4.69, 9.17) is 4.74 Å². The fourth-order valence-electron chi connectivity index (χ4n) is 2.84. The molecule has 0 radical (unpaired) electrons. The summed E-state index contributed by atoms with van der Waals surface area (Å²) in [6, 6.07) is 20.4. The van der Waals surface area contributed by atoms with Crippen LogP contribution in [0.25, 0.3) is 28.2 Å². The molecule has 0 aliphatic heterocycles.